The van der Waals surface area contributed by atoms with E-state index in [2.05, 4.69) is 22.1 Å². The molecule has 0 aliphatic heterocycles. The Hall–Kier alpha value is -1.29. The molecule has 0 atom stereocenters. The van der Waals surface area contributed by atoms with E-state index in [0.717, 1.165) is 43.0 Å². The molecule has 17 heavy (non-hydrogen) atoms. The van der Waals surface area contributed by atoms with Crippen LogP contribution in [0.2, 0.25) is 0 Å². The first-order chi connectivity index (χ1) is 8.11. The maximum atomic E-state index is 12.0. The first-order valence-corrected chi connectivity index (χ1v) is 6.21. The Morgan fingerprint density at radius 3 is 2.59 bits per heavy atom. The fourth-order valence-electron chi connectivity index (χ4n) is 2.08. The predicted octanol–water partition coefficient (Wildman–Crippen LogP) is 1.46. The minimum atomic E-state index is 0.0360. The number of aromatic nitrogens is 1. The summed E-state index contributed by atoms with van der Waals surface area (Å²) in [5.41, 5.74) is 3.00. The van der Waals surface area contributed by atoms with Gasteiger partial charge in [-0.25, -0.2) is 0 Å². The van der Waals surface area contributed by atoms with E-state index in [1.54, 1.807) is 0 Å². The molecule has 0 aromatic carbocycles. The highest BCUT2D eigenvalue weighted by Gasteiger charge is 2.13. The lowest BCUT2D eigenvalue weighted by Gasteiger charge is -2.07. The summed E-state index contributed by atoms with van der Waals surface area (Å²) in [6.07, 6.45) is 0.953. The molecule has 0 aliphatic carbocycles. The zero-order chi connectivity index (χ0) is 12.8. The number of carbonyl (C=O) groups excluding carboxylic acids is 1. The predicted molar refractivity (Wildman–Crippen MR) is 70.5 cm³/mol. The van der Waals surface area contributed by atoms with E-state index in [1.807, 2.05) is 27.0 Å². The Morgan fingerprint density at radius 1 is 1.35 bits per heavy atom. The van der Waals surface area contributed by atoms with Crippen LogP contribution in [0.4, 0.5) is 0 Å². The average molecular weight is 237 g/mol. The van der Waals surface area contributed by atoms with Crippen molar-refractivity contribution in [3.05, 3.63) is 23.0 Å². The van der Waals surface area contributed by atoms with Crippen molar-refractivity contribution in [1.29, 1.82) is 0 Å². The molecule has 0 unspecified atom stereocenters. The van der Waals surface area contributed by atoms with Gasteiger partial charge in [-0.1, -0.05) is 0 Å². The van der Waals surface area contributed by atoms with E-state index in [4.69, 9.17) is 0 Å². The van der Waals surface area contributed by atoms with Gasteiger partial charge in [0, 0.05) is 24.5 Å². The molecule has 1 aromatic heterocycles. The molecule has 0 spiro atoms. The van der Waals surface area contributed by atoms with E-state index in [0.29, 0.717) is 0 Å². The molecule has 1 heterocycles. The first kappa shape index (κ1) is 13.8. The number of nitrogens with one attached hydrogen (secondary N) is 2. The number of nitrogens with zero attached hydrogens (tertiary/aromatic N) is 1. The summed E-state index contributed by atoms with van der Waals surface area (Å²) in [6, 6.07) is 1.96. The van der Waals surface area contributed by atoms with Gasteiger partial charge in [0.1, 0.15) is 0 Å². The molecule has 0 saturated carbocycles. The summed E-state index contributed by atoms with van der Waals surface area (Å²) in [5.74, 6) is 0.0360. The molecule has 4 heteroatoms. The van der Waals surface area contributed by atoms with E-state index < -0.39 is 0 Å². The SMILES string of the molecule is CCn1c(C)cc(C(=O)NCCCNC)c1C. The van der Waals surface area contributed by atoms with E-state index in [9.17, 15) is 4.79 Å². The van der Waals surface area contributed by atoms with E-state index in [-0.39, 0.29) is 5.91 Å². The monoisotopic (exact) mass is 237 g/mol. The lowest BCUT2D eigenvalue weighted by Crippen LogP contribution is -2.27. The second kappa shape index (κ2) is 6.45. The van der Waals surface area contributed by atoms with Crippen molar-refractivity contribution >= 4 is 5.91 Å². The van der Waals surface area contributed by atoms with Crippen molar-refractivity contribution in [2.24, 2.45) is 0 Å². The van der Waals surface area contributed by atoms with Crippen LogP contribution in [0, 0.1) is 13.8 Å². The third-order valence-electron chi connectivity index (χ3n) is 3.02. The zero-order valence-corrected chi connectivity index (χ0v) is 11.3. The fourth-order valence-corrected chi connectivity index (χ4v) is 2.08. The summed E-state index contributed by atoms with van der Waals surface area (Å²) < 4.78 is 2.16. The van der Waals surface area contributed by atoms with Gasteiger partial charge in [0.2, 0.25) is 0 Å². The van der Waals surface area contributed by atoms with Crippen LogP contribution in [0.15, 0.2) is 6.07 Å². The number of aryl methyl sites for hydroxylation is 1. The van der Waals surface area contributed by atoms with Gasteiger partial charge in [0.25, 0.3) is 5.91 Å². The summed E-state index contributed by atoms with van der Waals surface area (Å²) >= 11 is 0. The van der Waals surface area contributed by atoms with Crippen LogP contribution in [0.3, 0.4) is 0 Å². The van der Waals surface area contributed by atoms with Crippen LogP contribution in [0.1, 0.15) is 35.1 Å². The Bertz CT molecular complexity index is 382. The maximum Gasteiger partial charge on any atom is 0.253 e. The quantitative estimate of drug-likeness (QED) is 0.736. The third-order valence-corrected chi connectivity index (χ3v) is 3.02. The highest BCUT2D eigenvalue weighted by molar-refractivity contribution is 5.95. The molecule has 1 aromatic rings. The van der Waals surface area contributed by atoms with Crippen LogP contribution in [0.25, 0.3) is 0 Å². The number of rotatable bonds is 6. The zero-order valence-electron chi connectivity index (χ0n) is 11.3. The molecule has 1 rings (SSSR count). The van der Waals surface area contributed by atoms with Gasteiger partial charge in [-0.15, -0.1) is 0 Å². The van der Waals surface area contributed by atoms with Crippen molar-refractivity contribution in [2.75, 3.05) is 20.1 Å². The topological polar surface area (TPSA) is 46.1 Å². The van der Waals surface area contributed by atoms with Crippen LogP contribution in [0.5, 0.6) is 0 Å². The van der Waals surface area contributed by atoms with Crippen molar-refractivity contribution in [3.63, 3.8) is 0 Å². The number of carbonyl (C=O) groups is 1. The molecule has 0 fully saturated rings. The summed E-state index contributed by atoms with van der Waals surface area (Å²) in [5, 5.41) is 6.01. The average Bonchev–Trinajstić information content (AvgIpc) is 2.60. The number of hydrogen-bond donors (Lipinski definition) is 2. The Kier molecular flexibility index (Phi) is 5.22. The molecule has 4 nitrogen and oxygen atoms in total. The molecular weight excluding hydrogens is 214 g/mol. The van der Waals surface area contributed by atoms with Gasteiger partial charge in [0.15, 0.2) is 0 Å². The highest BCUT2D eigenvalue weighted by Crippen LogP contribution is 2.14. The van der Waals surface area contributed by atoms with Gasteiger partial charge in [-0.2, -0.15) is 0 Å². The number of hydrogen-bond acceptors (Lipinski definition) is 2. The second-order valence-electron chi connectivity index (χ2n) is 4.24. The minimum Gasteiger partial charge on any atom is -0.352 e. The highest BCUT2D eigenvalue weighted by atomic mass is 16.1. The molecule has 0 aliphatic rings. The molecular formula is C13H23N3O. The summed E-state index contributed by atoms with van der Waals surface area (Å²) in [6.45, 7) is 8.68. The summed E-state index contributed by atoms with van der Waals surface area (Å²) in [4.78, 5) is 12.0. The second-order valence-corrected chi connectivity index (χ2v) is 4.24. The molecule has 0 saturated heterocycles. The third kappa shape index (κ3) is 3.33. The number of amides is 1. The van der Waals surface area contributed by atoms with Crippen molar-refractivity contribution in [1.82, 2.24) is 15.2 Å². The Balaban J connectivity index is 2.63. The van der Waals surface area contributed by atoms with E-state index >= 15 is 0 Å². The van der Waals surface area contributed by atoms with E-state index in [1.165, 1.54) is 0 Å². The van der Waals surface area contributed by atoms with Gasteiger partial charge >= 0.3 is 0 Å². The molecule has 2 N–H and O–H groups in total. The van der Waals surface area contributed by atoms with Crippen molar-refractivity contribution in [3.8, 4) is 0 Å². The largest absolute Gasteiger partial charge is 0.352 e. The van der Waals surface area contributed by atoms with Gasteiger partial charge in [0.05, 0.1) is 5.56 Å². The summed E-state index contributed by atoms with van der Waals surface area (Å²) in [7, 11) is 1.91. The molecule has 0 radical (unpaired) electrons. The van der Waals surface area contributed by atoms with Crippen molar-refractivity contribution in [2.45, 2.75) is 33.7 Å². The van der Waals surface area contributed by atoms with Crippen LogP contribution < -0.4 is 10.6 Å². The van der Waals surface area contributed by atoms with Crippen molar-refractivity contribution < 1.29 is 4.79 Å². The van der Waals surface area contributed by atoms with Gasteiger partial charge < -0.3 is 15.2 Å². The molecule has 0 bridgehead atoms. The normalized spacial score (nSPS) is 10.6. The minimum absolute atomic E-state index is 0.0360. The van der Waals surface area contributed by atoms with Crippen LogP contribution in [-0.2, 0) is 6.54 Å². The van der Waals surface area contributed by atoms with Gasteiger partial charge in [-0.3, -0.25) is 4.79 Å². The van der Waals surface area contributed by atoms with Gasteiger partial charge in [-0.05, 0) is 46.9 Å². The fraction of sp³-hybridized carbons (Fsp3) is 0.615. The lowest BCUT2D eigenvalue weighted by molar-refractivity contribution is 0.0952. The molecule has 1 amide bonds. The first-order valence-electron chi connectivity index (χ1n) is 6.21. The van der Waals surface area contributed by atoms with Crippen LogP contribution in [-0.4, -0.2) is 30.6 Å². The van der Waals surface area contributed by atoms with Crippen LogP contribution >= 0.6 is 0 Å². The molecule has 96 valence electrons. The maximum absolute atomic E-state index is 12.0. The lowest BCUT2D eigenvalue weighted by atomic mass is 10.2. The Morgan fingerprint density at radius 2 is 2.06 bits per heavy atom. The standard InChI is InChI=1S/C13H23N3O/c1-5-16-10(2)9-12(11(16)3)13(17)15-8-6-7-14-4/h9,14H,5-8H2,1-4H3,(H,15,17). The smallest absolute Gasteiger partial charge is 0.253 e. The Labute approximate surface area is 103 Å².